The summed E-state index contributed by atoms with van der Waals surface area (Å²) in [6, 6.07) is 10.6. The Morgan fingerprint density at radius 1 is 1.37 bits per heavy atom. The molecule has 0 bridgehead atoms. The number of nitrogens with zero attached hydrogens (tertiary/aromatic N) is 1. The standard InChI is InChI=1S/C16H23N3/c1-13(2)11-18-15(17)19-12-16(8-9-16)10-14-6-4-3-5-7-14/h3-7H,1,8-12H2,2H3,(H3,17,18,19). The second-order valence-corrected chi connectivity index (χ2v) is 5.67. The lowest BCUT2D eigenvalue weighted by molar-refractivity contribution is 0.521. The van der Waals surface area contributed by atoms with Crippen LogP contribution in [-0.4, -0.2) is 19.0 Å². The number of rotatable bonds is 6. The van der Waals surface area contributed by atoms with Crippen molar-refractivity contribution >= 4 is 5.96 Å². The van der Waals surface area contributed by atoms with Gasteiger partial charge in [0.2, 0.25) is 0 Å². The van der Waals surface area contributed by atoms with Crippen LogP contribution in [0.15, 0.2) is 47.5 Å². The minimum Gasteiger partial charge on any atom is -0.370 e. The summed E-state index contributed by atoms with van der Waals surface area (Å²) in [5.41, 5.74) is 8.64. The number of benzene rings is 1. The van der Waals surface area contributed by atoms with Crippen molar-refractivity contribution in [1.29, 1.82) is 0 Å². The van der Waals surface area contributed by atoms with E-state index in [-0.39, 0.29) is 0 Å². The molecule has 2 rings (SSSR count). The molecular formula is C16H23N3. The lowest BCUT2D eigenvalue weighted by Gasteiger charge is -2.13. The van der Waals surface area contributed by atoms with E-state index in [1.807, 2.05) is 6.92 Å². The first-order valence-corrected chi connectivity index (χ1v) is 6.82. The van der Waals surface area contributed by atoms with Gasteiger partial charge in [0.15, 0.2) is 5.96 Å². The molecule has 0 unspecified atom stereocenters. The predicted octanol–water partition coefficient (Wildman–Crippen LogP) is 2.49. The molecule has 3 N–H and O–H groups in total. The van der Waals surface area contributed by atoms with Gasteiger partial charge in [-0.25, -0.2) is 0 Å². The number of hydrogen-bond donors (Lipinski definition) is 2. The second-order valence-electron chi connectivity index (χ2n) is 5.67. The molecule has 3 heteroatoms. The smallest absolute Gasteiger partial charge is 0.188 e. The highest BCUT2D eigenvalue weighted by Gasteiger charge is 2.42. The molecule has 0 saturated heterocycles. The van der Waals surface area contributed by atoms with Gasteiger partial charge in [-0.3, -0.25) is 4.99 Å². The monoisotopic (exact) mass is 257 g/mol. The van der Waals surface area contributed by atoms with Crippen molar-refractivity contribution in [3.05, 3.63) is 48.0 Å². The minimum atomic E-state index is 0.344. The molecule has 1 aromatic rings. The Bertz CT molecular complexity index is 458. The lowest BCUT2D eigenvalue weighted by Crippen LogP contribution is -2.33. The molecule has 0 amide bonds. The third kappa shape index (κ3) is 4.43. The van der Waals surface area contributed by atoms with Crippen LogP contribution in [0.4, 0.5) is 0 Å². The van der Waals surface area contributed by atoms with E-state index in [9.17, 15) is 0 Å². The summed E-state index contributed by atoms with van der Waals surface area (Å²) < 4.78 is 0. The van der Waals surface area contributed by atoms with Gasteiger partial charge in [0.1, 0.15) is 0 Å². The molecule has 0 spiro atoms. The van der Waals surface area contributed by atoms with Crippen molar-refractivity contribution in [1.82, 2.24) is 5.32 Å². The van der Waals surface area contributed by atoms with Gasteiger partial charge in [0, 0.05) is 13.1 Å². The largest absolute Gasteiger partial charge is 0.370 e. The molecule has 0 atom stereocenters. The van der Waals surface area contributed by atoms with Gasteiger partial charge < -0.3 is 11.1 Å². The maximum Gasteiger partial charge on any atom is 0.188 e. The van der Waals surface area contributed by atoms with Crippen molar-refractivity contribution in [2.75, 3.05) is 13.1 Å². The number of guanidine groups is 1. The fourth-order valence-electron chi connectivity index (χ4n) is 2.15. The van der Waals surface area contributed by atoms with Crippen molar-refractivity contribution < 1.29 is 0 Å². The maximum absolute atomic E-state index is 5.85. The first-order valence-electron chi connectivity index (χ1n) is 6.82. The van der Waals surface area contributed by atoms with Crippen LogP contribution in [0.2, 0.25) is 0 Å². The summed E-state index contributed by atoms with van der Waals surface area (Å²) in [6.07, 6.45) is 3.60. The summed E-state index contributed by atoms with van der Waals surface area (Å²) in [5.74, 6) is 0.530. The van der Waals surface area contributed by atoms with Crippen LogP contribution < -0.4 is 11.1 Å². The number of hydrogen-bond acceptors (Lipinski definition) is 1. The van der Waals surface area contributed by atoms with Crippen LogP contribution in [0.1, 0.15) is 25.3 Å². The summed E-state index contributed by atoms with van der Waals surface area (Å²) in [4.78, 5) is 4.47. The Morgan fingerprint density at radius 3 is 2.63 bits per heavy atom. The topological polar surface area (TPSA) is 50.4 Å². The normalized spacial score (nSPS) is 17.0. The quantitative estimate of drug-likeness (QED) is 0.467. The Hall–Kier alpha value is -1.77. The van der Waals surface area contributed by atoms with Crippen molar-refractivity contribution in [2.45, 2.75) is 26.2 Å². The molecule has 0 radical (unpaired) electrons. The van der Waals surface area contributed by atoms with Crippen molar-refractivity contribution in [3.8, 4) is 0 Å². The maximum atomic E-state index is 5.85. The molecular weight excluding hydrogens is 234 g/mol. The van der Waals surface area contributed by atoms with Gasteiger partial charge in [0.05, 0.1) is 0 Å². The summed E-state index contributed by atoms with van der Waals surface area (Å²) in [7, 11) is 0. The third-order valence-corrected chi connectivity index (χ3v) is 3.54. The summed E-state index contributed by atoms with van der Waals surface area (Å²) >= 11 is 0. The average molecular weight is 257 g/mol. The van der Waals surface area contributed by atoms with E-state index in [2.05, 4.69) is 47.2 Å². The zero-order valence-electron chi connectivity index (χ0n) is 11.7. The van der Waals surface area contributed by atoms with Crippen LogP contribution in [-0.2, 0) is 6.42 Å². The van der Waals surface area contributed by atoms with E-state index < -0.39 is 0 Å². The third-order valence-electron chi connectivity index (χ3n) is 3.54. The molecule has 0 aliphatic heterocycles. The fraction of sp³-hybridized carbons (Fsp3) is 0.438. The number of nitrogens with two attached hydrogens (primary N) is 1. The molecule has 1 saturated carbocycles. The molecule has 0 aromatic heterocycles. The van der Waals surface area contributed by atoms with Gasteiger partial charge >= 0.3 is 0 Å². The summed E-state index contributed by atoms with van der Waals surface area (Å²) in [5, 5.41) is 3.07. The van der Waals surface area contributed by atoms with Crippen LogP contribution in [0.3, 0.4) is 0 Å². The van der Waals surface area contributed by atoms with E-state index in [1.54, 1.807) is 0 Å². The van der Waals surface area contributed by atoms with Gasteiger partial charge in [-0.15, -0.1) is 0 Å². The Morgan fingerprint density at radius 2 is 2.05 bits per heavy atom. The molecule has 1 aromatic carbocycles. The SMILES string of the molecule is C=C(C)CNC(N)=NCC1(Cc2ccccc2)CC1. The Labute approximate surface area is 115 Å². The first-order chi connectivity index (χ1) is 9.10. The molecule has 1 aliphatic carbocycles. The van der Waals surface area contributed by atoms with E-state index in [0.717, 1.165) is 18.5 Å². The van der Waals surface area contributed by atoms with E-state index in [0.29, 0.717) is 17.9 Å². The highest BCUT2D eigenvalue weighted by molar-refractivity contribution is 5.78. The number of aliphatic imine (C=N–C) groups is 1. The number of nitrogens with one attached hydrogen (secondary N) is 1. The zero-order valence-corrected chi connectivity index (χ0v) is 11.7. The van der Waals surface area contributed by atoms with Gasteiger partial charge in [0.25, 0.3) is 0 Å². The van der Waals surface area contributed by atoms with Gasteiger partial charge in [-0.1, -0.05) is 42.5 Å². The fourth-order valence-corrected chi connectivity index (χ4v) is 2.15. The van der Waals surface area contributed by atoms with Gasteiger partial charge in [-0.05, 0) is 37.2 Å². The second kappa shape index (κ2) is 5.91. The summed E-state index contributed by atoms with van der Waals surface area (Å²) in [6.45, 7) is 7.31. The first kappa shape index (κ1) is 13.7. The van der Waals surface area contributed by atoms with Crippen LogP contribution in [0, 0.1) is 5.41 Å². The highest BCUT2D eigenvalue weighted by atomic mass is 15.1. The lowest BCUT2D eigenvalue weighted by atomic mass is 9.97. The highest BCUT2D eigenvalue weighted by Crippen LogP contribution is 2.48. The van der Waals surface area contributed by atoms with Crippen molar-refractivity contribution in [2.24, 2.45) is 16.1 Å². The average Bonchev–Trinajstić information content (AvgIpc) is 3.15. The predicted molar refractivity (Wildman–Crippen MR) is 81.1 cm³/mol. The van der Waals surface area contributed by atoms with Crippen LogP contribution in [0.5, 0.6) is 0 Å². The van der Waals surface area contributed by atoms with Crippen molar-refractivity contribution in [3.63, 3.8) is 0 Å². The van der Waals surface area contributed by atoms with Gasteiger partial charge in [-0.2, -0.15) is 0 Å². The van der Waals surface area contributed by atoms with E-state index >= 15 is 0 Å². The molecule has 3 nitrogen and oxygen atoms in total. The Balaban J connectivity index is 1.85. The molecule has 1 fully saturated rings. The van der Waals surface area contributed by atoms with Crippen LogP contribution >= 0.6 is 0 Å². The zero-order chi connectivity index (χ0) is 13.7. The van der Waals surface area contributed by atoms with E-state index in [4.69, 9.17) is 5.73 Å². The minimum absolute atomic E-state index is 0.344. The van der Waals surface area contributed by atoms with Crippen LogP contribution in [0.25, 0.3) is 0 Å². The Kier molecular flexibility index (Phi) is 4.25. The molecule has 102 valence electrons. The molecule has 19 heavy (non-hydrogen) atoms. The van der Waals surface area contributed by atoms with E-state index in [1.165, 1.54) is 18.4 Å². The molecule has 1 aliphatic rings. The molecule has 0 heterocycles.